The van der Waals surface area contributed by atoms with Crippen molar-refractivity contribution in [2.24, 2.45) is 0 Å². The quantitative estimate of drug-likeness (QED) is 0.637. The van der Waals surface area contributed by atoms with Gasteiger partial charge in [0.15, 0.2) is 11.2 Å². The Morgan fingerprint density at radius 1 is 1.35 bits per heavy atom. The molecule has 8 heteroatoms. The van der Waals surface area contributed by atoms with Crippen molar-refractivity contribution in [2.45, 2.75) is 0 Å². The molecule has 0 aliphatic heterocycles. The fourth-order valence-corrected chi connectivity index (χ4v) is 2.64. The van der Waals surface area contributed by atoms with E-state index < -0.39 is 0 Å². The Morgan fingerprint density at radius 3 is 2.88 bits per heavy atom. The van der Waals surface area contributed by atoms with E-state index in [1.807, 2.05) is 11.4 Å². The Bertz CT molecular complexity index is 758. The number of nitrogens with one attached hydrogen (secondary N) is 2. The van der Waals surface area contributed by atoms with Crippen molar-refractivity contribution in [1.29, 1.82) is 0 Å². The minimum atomic E-state index is -0.319. The van der Waals surface area contributed by atoms with Crippen LogP contribution in [0.4, 0.5) is 5.95 Å². The summed E-state index contributed by atoms with van der Waals surface area (Å²) in [4.78, 5) is 25.1. The Hall–Kier alpha value is -1.67. The lowest BCUT2D eigenvalue weighted by atomic mass is 10.3. The molecule has 3 aromatic rings. The molecule has 0 radical (unpaired) electrons. The summed E-state index contributed by atoms with van der Waals surface area (Å²) in [5, 5.41) is 1.93. The van der Waals surface area contributed by atoms with Gasteiger partial charge in [-0.3, -0.25) is 9.78 Å². The number of aromatic nitrogens is 4. The highest BCUT2D eigenvalue weighted by molar-refractivity contribution is 9.11. The second kappa shape index (κ2) is 3.67. The average molecular weight is 312 g/mol. The molecule has 0 fully saturated rings. The Balaban J connectivity index is 2.27. The molecule has 0 saturated carbocycles. The third-order valence-corrected chi connectivity index (χ3v) is 3.73. The van der Waals surface area contributed by atoms with E-state index >= 15 is 0 Å². The number of H-pyrrole nitrogens is 2. The smallest absolute Gasteiger partial charge is 0.278 e. The van der Waals surface area contributed by atoms with Gasteiger partial charge in [0.25, 0.3) is 5.56 Å². The molecule has 0 unspecified atom stereocenters. The van der Waals surface area contributed by atoms with Gasteiger partial charge in [0, 0.05) is 10.9 Å². The number of anilines is 1. The molecule has 3 aromatic heterocycles. The molecule has 0 amide bonds. The summed E-state index contributed by atoms with van der Waals surface area (Å²) in [6.45, 7) is 0. The third kappa shape index (κ3) is 1.75. The van der Waals surface area contributed by atoms with Crippen molar-refractivity contribution in [3.05, 3.63) is 25.6 Å². The number of thiophene rings is 1. The van der Waals surface area contributed by atoms with Crippen LogP contribution in [0.15, 0.2) is 20.0 Å². The van der Waals surface area contributed by atoms with E-state index in [-0.39, 0.29) is 11.5 Å². The highest BCUT2D eigenvalue weighted by Gasteiger charge is 2.11. The van der Waals surface area contributed by atoms with Gasteiger partial charge in [0.2, 0.25) is 5.95 Å². The molecule has 3 heterocycles. The standard InChI is InChI=1S/C9H6BrN5OS/c10-4-1-3(2-17-4)6-12-5-7(13-6)14-9(11)15-8(5)16/h1-2H,(H4,11,12,13,14,15,16). The molecule has 0 spiro atoms. The second-order valence-electron chi connectivity index (χ2n) is 3.37. The first-order valence-corrected chi connectivity index (χ1v) is 6.30. The first-order chi connectivity index (χ1) is 8.13. The molecule has 86 valence electrons. The molecule has 0 aliphatic carbocycles. The fraction of sp³-hybridized carbons (Fsp3) is 0. The van der Waals surface area contributed by atoms with Crippen LogP contribution in [0, 0.1) is 0 Å². The molecule has 6 nitrogen and oxygen atoms in total. The zero-order chi connectivity index (χ0) is 12.0. The Kier molecular flexibility index (Phi) is 2.26. The minimum absolute atomic E-state index is 0.0621. The van der Waals surface area contributed by atoms with Gasteiger partial charge in [-0.15, -0.1) is 11.3 Å². The van der Waals surface area contributed by atoms with Crippen molar-refractivity contribution >= 4 is 44.4 Å². The van der Waals surface area contributed by atoms with Gasteiger partial charge in [-0.05, 0) is 22.0 Å². The Morgan fingerprint density at radius 2 is 2.18 bits per heavy atom. The van der Waals surface area contributed by atoms with Gasteiger partial charge in [-0.25, -0.2) is 4.98 Å². The number of nitrogens with two attached hydrogens (primary N) is 1. The summed E-state index contributed by atoms with van der Waals surface area (Å²) >= 11 is 4.91. The monoisotopic (exact) mass is 311 g/mol. The van der Waals surface area contributed by atoms with Crippen LogP contribution < -0.4 is 11.3 Å². The summed E-state index contributed by atoms with van der Waals surface area (Å²) < 4.78 is 0.995. The van der Waals surface area contributed by atoms with Gasteiger partial charge in [0.1, 0.15) is 5.82 Å². The summed E-state index contributed by atoms with van der Waals surface area (Å²) in [6.07, 6.45) is 0. The fourth-order valence-electron chi connectivity index (χ4n) is 1.50. The number of rotatable bonds is 1. The maximum atomic E-state index is 11.6. The SMILES string of the molecule is Nc1nc2nc(-c3csc(Br)c3)[nH]c2c(=O)[nH]1. The molecular formula is C9H6BrN5OS. The summed E-state index contributed by atoms with van der Waals surface area (Å²) in [5.41, 5.74) is 6.69. The van der Waals surface area contributed by atoms with Crippen LogP contribution in [-0.4, -0.2) is 19.9 Å². The molecule has 0 aromatic carbocycles. The number of hydrogen-bond donors (Lipinski definition) is 3. The number of fused-ring (bicyclic) bond motifs is 1. The van der Waals surface area contributed by atoms with Gasteiger partial charge in [-0.1, -0.05) is 0 Å². The molecule has 4 N–H and O–H groups in total. The van der Waals surface area contributed by atoms with Gasteiger partial charge in [0.05, 0.1) is 3.79 Å². The largest absolute Gasteiger partial charge is 0.369 e. The van der Waals surface area contributed by atoms with Crippen LogP contribution in [0.2, 0.25) is 0 Å². The molecule has 3 rings (SSSR count). The summed E-state index contributed by atoms with van der Waals surface area (Å²) in [6, 6.07) is 1.92. The van der Waals surface area contributed by atoms with Crippen molar-refractivity contribution in [2.75, 3.05) is 5.73 Å². The number of aromatic amines is 2. The molecule has 0 bridgehead atoms. The molecule has 0 saturated heterocycles. The second-order valence-corrected chi connectivity index (χ2v) is 5.67. The predicted molar refractivity (Wildman–Crippen MR) is 69.9 cm³/mol. The van der Waals surface area contributed by atoms with Crippen LogP contribution in [-0.2, 0) is 0 Å². The first-order valence-electron chi connectivity index (χ1n) is 4.63. The van der Waals surface area contributed by atoms with E-state index in [1.54, 1.807) is 11.3 Å². The van der Waals surface area contributed by atoms with Crippen molar-refractivity contribution < 1.29 is 0 Å². The number of nitrogens with zero attached hydrogens (tertiary/aromatic N) is 2. The maximum Gasteiger partial charge on any atom is 0.278 e. The topological polar surface area (TPSA) is 100 Å². The molecule has 0 atom stereocenters. The van der Waals surface area contributed by atoms with Gasteiger partial charge < -0.3 is 10.7 Å². The third-order valence-electron chi connectivity index (χ3n) is 2.22. The highest BCUT2D eigenvalue weighted by Crippen LogP contribution is 2.27. The molecule has 0 aliphatic rings. The van der Waals surface area contributed by atoms with Crippen LogP contribution >= 0.6 is 27.3 Å². The zero-order valence-electron chi connectivity index (χ0n) is 8.32. The van der Waals surface area contributed by atoms with Crippen molar-refractivity contribution in [1.82, 2.24) is 19.9 Å². The van der Waals surface area contributed by atoms with Crippen molar-refractivity contribution in [3.8, 4) is 11.4 Å². The van der Waals surface area contributed by atoms with E-state index in [1.165, 1.54) is 0 Å². The molecular weight excluding hydrogens is 306 g/mol. The van der Waals surface area contributed by atoms with E-state index in [0.717, 1.165) is 9.35 Å². The lowest BCUT2D eigenvalue weighted by Gasteiger charge is -1.89. The summed E-state index contributed by atoms with van der Waals surface area (Å²) in [5.74, 6) is 0.664. The summed E-state index contributed by atoms with van der Waals surface area (Å²) in [7, 11) is 0. The van der Waals surface area contributed by atoms with E-state index in [2.05, 4.69) is 35.9 Å². The van der Waals surface area contributed by atoms with Crippen LogP contribution in [0.5, 0.6) is 0 Å². The van der Waals surface area contributed by atoms with E-state index in [0.29, 0.717) is 17.0 Å². The van der Waals surface area contributed by atoms with E-state index in [9.17, 15) is 4.79 Å². The number of imidazole rings is 1. The normalized spacial score (nSPS) is 11.1. The lowest BCUT2D eigenvalue weighted by Crippen LogP contribution is -2.10. The van der Waals surface area contributed by atoms with Crippen molar-refractivity contribution in [3.63, 3.8) is 0 Å². The highest BCUT2D eigenvalue weighted by atomic mass is 79.9. The number of hydrogen-bond acceptors (Lipinski definition) is 5. The van der Waals surface area contributed by atoms with Gasteiger partial charge >= 0.3 is 0 Å². The number of nitrogen functional groups attached to an aromatic ring is 1. The van der Waals surface area contributed by atoms with E-state index in [4.69, 9.17) is 5.73 Å². The maximum absolute atomic E-state index is 11.6. The van der Waals surface area contributed by atoms with Crippen LogP contribution in [0.3, 0.4) is 0 Å². The average Bonchev–Trinajstić information content (AvgIpc) is 2.83. The van der Waals surface area contributed by atoms with Crippen LogP contribution in [0.25, 0.3) is 22.6 Å². The van der Waals surface area contributed by atoms with Crippen LogP contribution in [0.1, 0.15) is 0 Å². The van der Waals surface area contributed by atoms with Gasteiger partial charge in [-0.2, -0.15) is 4.98 Å². The zero-order valence-corrected chi connectivity index (χ0v) is 10.7. The Labute approximate surface area is 107 Å². The predicted octanol–water partition coefficient (Wildman–Crippen LogP) is 1.72. The molecule has 17 heavy (non-hydrogen) atoms. The first kappa shape index (κ1) is 10.5. The lowest BCUT2D eigenvalue weighted by molar-refractivity contribution is 1.17. The number of halogens is 1. The minimum Gasteiger partial charge on any atom is -0.369 e.